The van der Waals surface area contributed by atoms with E-state index in [0.717, 1.165) is 17.7 Å². The minimum absolute atomic E-state index is 0.905. The van der Waals surface area contributed by atoms with Crippen LogP contribution < -0.4 is 4.90 Å². The predicted octanol–water partition coefficient (Wildman–Crippen LogP) is 4.45. The van der Waals surface area contributed by atoms with Crippen LogP contribution in [0.1, 0.15) is 37.0 Å². The highest BCUT2D eigenvalue weighted by Gasteiger charge is 2.10. The molecule has 1 heteroatoms. The molecular weight excluding hydrogens is 242 g/mol. The second-order valence-corrected chi connectivity index (χ2v) is 4.99. The summed E-state index contributed by atoms with van der Waals surface area (Å²) in [5.74, 6) is 6.53. The van der Waals surface area contributed by atoms with E-state index in [1.54, 1.807) is 0 Å². The summed E-state index contributed by atoms with van der Waals surface area (Å²) in [6.07, 6.45) is 1.25. The Bertz CT molecular complexity index is 631. The fraction of sp³-hybridized carbons (Fsp3) is 0.263. The number of anilines is 1. The Morgan fingerprint density at radius 2 is 1.45 bits per heavy atom. The summed E-state index contributed by atoms with van der Waals surface area (Å²) in [5, 5.41) is 0. The third-order valence-corrected chi connectivity index (χ3v) is 3.07. The lowest BCUT2D eigenvalue weighted by atomic mass is 10.0. The van der Waals surface area contributed by atoms with Crippen LogP contribution in [0.15, 0.2) is 48.5 Å². The van der Waals surface area contributed by atoms with Crippen molar-refractivity contribution in [2.45, 2.75) is 26.8 Å². The van der Waals surface area contributed by atoms with Gasteiger partial charge in [0.25, 0.3) is 0 Å². The van der Waals surface area contributed by atoms with Crippen LogP contribution in [-0.2, 0) is 6.54 Å². The summed E-state index contributed by atoms with van der Waals surface area (Å²) in [7, 11) is 2.11. The Morgan fingerprint density at radius 3 is 2.20 bits per heavy atom. The van der Waals surface area contributed by atoms with Gasteiger partial charge in [0.05, 0.1) is 5.69 Å². The number of hydrogen-bond donors (Lipinski definition) is 0. The van der Waals surface area contributed by atoms with Crippen molar-refractivity contribution in [3.63, 3.8) is 0 Å². The standard InChI is InChI=1S/C16H13N.C3H8/c1-17-12-15-8-3-2-6-13(15)10-11-14-7-4-5-9-16(14)17;1-3-2/h2-9H,12H2,1H3;3H2,1-2H3. The SMILES string of the molecule is CCC.CN1Cc2ccccc2C#Cc2ccccc21. The maximum Gasteiger partial charge on any atom is 0.0525 e. The highest BCUT2D eigenvalue weighted by molar-refractivity contribution is 5.63. The summed E-state index contributed by atoms with van der Waals surface area (Å²) >= 11 is 0. The van der Waals surface area contributed by atoms with Crippen LogP contribution in [0.25, 0.3) is 0 Å². The molecule has 0 bridgehead atoms. The molecule has 0 aromatic heterocycles. The van der Waals surface area contributed by atoms with Gasteiger partial charge in [0, 0.05) is 24.7 Å². The second kappa shape index (κ2) is 6.82. The van der Waals surface area contributed by atoms with Crippen LogP contribution >= 0.6 is 0 Å². The summed E-state index contributed by atoms with van der Waals surface area (Å²) in [6.45, 7) is 5.15. The molecule has 20 heavy (non-hydrogen) atoms. The molecule has 0 saturated carbocycles. The van der Waals surface area contributed by atoms with Crippen molar-refractivity contribution < 1.29 is 0 Å². The van der Waals surface area contributed by atoms with Gasteiger partial charge >= 0.3 is 0 Å². The Morgan fingerprint density at radius 1 is 0.900 bits per heavy atom. The van der Waals surface area contributed by atoms with Gasteiger partial charge in [-0.2, -0.15) is 0 Å². The van der Waals surface area contributed by atoms with Gasteiger partial charge in [-0.05, 0) is 23.8 Å². The molecule has 1 heterocycles. The van der Waals surface area contributed by atoms with Crippen LogP contribution in [0.5, 0.6) is 0 Å². The lowest BCUT2D eigenvalue weighted by molar-refractivity contribution is 0.917. The van der Waals surface area contributed by atoms with Crippen molar-refractivity contribution in [2.24, 2.45) is 0 Å². The van der Waals surface area contributed by atoms with E-state index in [9.17, 15) is 0 Å². The van der Waals surface area contributed by atoms with Crippen LogP contribution in [0, 0.1) is 11.8 Å². The zero-order valence-electron chi connectivity index (χ0n) is 12.5. The molecule has 0 aliphatic carbocycles. The van der Waals surface area contributed by atoms with E-state index in [0.29, 0.717) is 0 Å². The lowest BCUT2D eigenvalue weighted by Crippen LogP contribution is -2.19. The van der Waals surface area contributed by atoms with E-state index in [4.69, 9.17) is 0 Å². The fourth-order valence-electron chi connectivity index (χ4n) is 2.17. The third kappa shape index (κ3) is 3.22. The fourth-order valence-corrected chi connectivity index (χ4v) is 2.17. The molecule has 0 unspecified atom stereocenters. The Labute approximate surface area is 122 Å². The van der Waals surface area contributed by atoms with Gasteiger partial charge < -0.3 is 4.90 Å². The van der Waals surface area contributed by atoms with E-state index in [2.05, 4.69) is 74.0 Å². The van der Waals surface area contributed by atoms with Gasteiger partial charge in [0.15, 0.2) is 0 Å². The first kappa shape index (κ1) is 14.2. The third-order valence-electron chi connectivity index (χ3n) is 3.07. The van der Waals surface area contributed by atoms with E-state index >= 15 is 0 Å². The van der Waals surface area contributed by atoms with Crippen molar-refractivity contribution in [1.29, 1.82) is 0 Å². The second-order valence-electron chi connectivity index (χ2n) is 4.99. The van der Waals surface area contributed by atoms with Gasteiger partial charge in [-0.3, -0.25) is 0 Å². The molecule has 0 radical (unpaired) electrons. The monoisotopic (exact) mass is 263 g/mol. The smallest absolute Gasteiger partial charge is 0.0525 e. The topological polar surface area (TPSA) is 3.24 Å². The number of hydrogen-bond acceptors (Lipinski definition) is 1. The largest absolute Gasteiger partial charge is 0.369 e. The first-order valence-corrected chi connectivity index (χ1v) is 7.16. The first-order valence-electron chi connectivity index (χ1n) is 7.16. The summed E-state index contributed by atoms with van der Waals surface area (Å²) in [6, 6.07) is 16.6. The van der Waals surface area contributed by atoms with E-state index in [-0.39, 0.29) is 0 Å². The van der Waals surface area contributed by atoms with Crippen LogP contribution in [0.3, 0.4) is 0 Å². The molecule has 1 aliphatic rings. The average Bonchev–Trinajstić information content (AvgIpc) is 2.46. The number of rotatable bonds is 0. The van der Waals surface area contributed by atoms with Crippen LogP contribution in [0.2, 0.25) is 0 Å². The Balaban J connectivity index is 0.000000452. The van der Waals surface area contributed by atoms with Crippen molar-refractivity contribution in [1.82, 2.24) is 0 Å². The van der Waals surface area contributed by atoms with Gasteiger partial charge in [0.2, 0.25) is 0 Å². The van der Waals surface area contributed by atoms with Gasteiger partial charge in [-0.15, -0.1) is 0 Å². The molecule has 0 spiro atoms. The molecule has 0 N–H and O–H groups in total. The number of fused-ring (bicyclic) bond motifs is 2. The minimum Gasteiger partial charge on any atom is -0.369 e. The number of para-hydroxylation sites is 1. The van der Waals surface area contributed by atoms with Crippen LogP contribution in [-0.4, -0.2) is 7.05 Å². The summed E-state index contributed by atoms with van der Waals surface area (Å²) in [5.41, 5.74) is 4.73. The predicted molar refractivity (Wildman–Crippen MR) is 86.9 cm³/mol. The molecule has 0 saturated heterocycles. The Hall–Kier alpha value is -2.20. The van der Waals surface area contributed by atoms with E-state index in [1.807, 2.05) is 12.1 Å². The first-order chi connectivity index (χ1) is 9.76. The van der Waals surface area contributed by atoms with Gasteiger partial charge in [-0.25, -0.2) is 0 Å². The molecule has 1 nitrogen and oxygen atoms in total. The summed E-state index contributed by atoms with van der Waals surface area (Å²) < 4.78 is 0. The average molecular weight is 263 g/mol. The van der Waals surface area contributed by atoms with Crippen molar-refractivity contribution in [2.75, 3.05) is 11.9 Å². The molecule has 102 valence electrons. The van der Waals surface area contributed by atoms with E-state index < -0.39 is 0 Å². The highest BCUT2D eigenvalue weighted by Crippen LogP contribution is 2.23. The minimum atomic E-state index is 0.905. The molecule has 0 fully saturated rings. The maximum atomic E-state index is 3.27. The van der Waals surface area contributed by atoms with E-state index in [1.165, 1.54) is 17.7 Å². The van der Waals surface area contributed by atoms with Gasteiger partial charge in [0.1, 0.15) is 0 Å². The number of nitrogens with zero attached hydrogens (tertiary/aromatic N) is 1. The zero-order chi connectivity index (χ0) is 14.4. The zero-order valence-corrected chi connectivity index (χ0v) is 12.5. The quantitative estimate of drug-likeness (QED) is 0.635. The Kier molecular flexibility index (Phi) is 4.85. The van der Waals surface area contributed by atoms with Gasteiger partial charge in [-0.1, -0.05) is 62.4 Å². The molecule has 0 amide bonds. The maximum absolute atomic E-state index is 3.27. The van der Waals surface area contributed by atoms with Crippen molar-refractivity contribution >= 4 is 5.69 Å². The lowest BCUT2D eigenvalue weighted by Gasteiger charge is -2.22. The highest BCUT2D eigenvalue weighted by atomic mass is 15.1. The number of benzene rings is 2. The normalized spacial score (nSPS) is 11.7. The molecule has 2 aromatic rings. The molecular formula is C19H21N. The molecule has 2 aromatic carbocycles. The molecule has 0 atom stereocenters. The van der Waals surface area contributed by atoms with Crippen molar-refractivity contribution in [3.05, 3.63) is 65.2 Å². The molecule has 3 rings (SSSR count). The van der Waals surface area contributed by atoms with Crippen molar-refractivity contribution in [3.8, 4) is 11.8 Å². The van der Waals surface area contributed by atoms with Crippen LogP contribution in [0.4, 0.5) is 5.69 Å². The summed E-state index contributed by atoms with van der Waals surface area (Å²) in [4.78, 5) is 2.25. The molecule has 1 aliphatic heterocycles.